The van der Waals surface area contributed by atoms with E-state index in [9.17, 15) is 15.2 Å². The summed E-state index contributed by atoms with van der Waals surface area (Å²) in [6, 6.07) is 21.9. The fraction of sp³-hybridized carbons (Fsp3) is 0. The van der Waals surface area contributed by atoms with Gasteiger partial charge in [-0.1, -0.05) is 59.9 Å². The number of amides is 1. The molecule has 4 rings (SSSR count). The van der Waals surface area contributed by atoms with Gasteiger partial charge in [0.15, 0.2) is 0 Å². The van der Waals surface area contributed by atoms with Gasteiger partial charge in [-0.2, -0.15) is 5.26 Å². The van der Waals surface area contributed by atoms with Gasteiger partial charge in [0, 0.05) is 5.56 Å². The first-order valence-corrected chi connectivity index (χ1v) is 10.7. The van der Waals surface area contributed by atoms with Gasteiger partial charge in [-0.05, 0) is 35.2 Å². The van der Waals surface area contributed by atoms with Crippen molar-refractivity contribution in [1.82, 2.24) is 4.98 Å². The highest BCUT2D eigenvalue weighted by Crippen LogP contribution is 2.37. The molecule has 5 nitrogen and oxygen atoms in total. The van der Waals surface area contributed by atoms with Gasteiger partial charge >= 0.3 is 0 Å². The topological polar surface area (TPSA) is 86.0 Å². The Kier molecular flexibility index (Phi) is 5.70. The van der Waals surface area contributed by atoms with Gasteiger partial charge in [0.1, 0.15) is 27.5 Å². The van der Waals surface area contributed by atoms with Crippen molar-refractivity contribution in [3.8, 4) is 23.1 Å². The number of aromatic nitrogens is 1. The van der Waals surface area contributed by atoms with Gasteiger partial charge < -0.3 is 10.4 Å². The number of anilines is 1. The number of hydrogen-bond acceptors (Lipinski definition) is 6. The van der Waals surface area contributed by atoms with Gasteiger partial charge in [0.2, 0.25) is 0 Å². The number of nitrogens with zero attached hydrogens (tertiary/aromatic N) is 2. The van der Waals surface area contributed by atoms with E-state index in [2.05, 4.69) is 16.4 Å². The molecule has 0 fully saturated rings. The van der Waals surface area contributed by atoms with Crippen molar-refractivity contribution in [3.05, 3.63) is 87.6 Å². The molecule has 0 saturated heterocycles. The summed E-state index contributed by atoms with van der Waals surface area (Å²) in [5, 5.41) is 25.2. The Hall–Kier alpha value is -3.73. The van der Waals surface area contributed by atoms with Crippen molar-refractivity contribution in [3.63, 3.8) is 0 Å². The number of nitriles is 1. The highest BCUT2D eigenvalue weighted by Gasteiger charge is 2.19. The molecule has 4 aromatic rings. The molecule has 2 N–H and O–H groups in total. The first-order chi connectivity index (χ1) is 14.6. The summed E-state index contributed by atoms with van der Waals surface area (Å²) < 4.78 is 0. The SMILES string of the molecule is N#C/C(=C\c1cccc(O)c1)c1nc(-c2ccccc2)c(NC(=O)c2cccs2)s1. The van der Waals surface area contributed by atoms with Crippen LogP contribution in [0.4, 0.5) is 5.00 Å². The molecule has 7 heteroatoms. The van der Waals surface area contributed by atoms with Crippen LogP contribution in [-0.2, 0) is 0 Å². The number of phenols is 1. The number of thiophene rings is 1. The molecule has 1 amide bonds. The van der Waals surface area contributed by atoms with E-state index < -0.39 is 0 Å². The molecule has 0 aliphatic heterocycles. The van der Waals surface area contributed by atoms with Crippen molar-refractivity contribution in [2.45, 2.75) is 0 Å². The average molecular weight is 430 g/mol. The quantitative estimate of drug-likeness (QED) is 0.387. The van der Waals surface area contributed by atoms with E-state index in [1.165, 1.54) is 22.7 Å². The molecule has 0 bridgehead atoms. The van der Waals surface area contributed by atoms with E-state index >= 15 is 0 Å². The van der Waals surface area contributed by atoms with Crippen LogP contribution in [0.15, 0.2) is 72.1 Å². The molecule has 0 atom stereocenters. The summed E-state index contributed by atoms with van der Waals surface area (Å²) >= 11 is 2.60. The Labute approximate surface area is 181 Å². The average Bonchev–Trinajstić information content (AvgIpc) is 3.43. The van der Waals surface area contributed by atoms with Gasteiger partial charge in [-0.25, -0.2) is 4.98 Å². The summed E-state index contributed by atoms with van der Waals surface area (Å²) in [4.78, 5) is 17.9. The Morgan fingerprint density at radius 1 is 1.10 bits per heavy atom. The number of thiazole rings is 1. The van der Waals surface area contributed by atoms with E-state index in [4.69, 9.17) is 0 Å². The maximum Gasteiger partial charge on any atom is 0.266 e. The monoisotopic (exact) mass is 429 g/mol. The second-order valence-corrected chi connectivity index (χ2v) is 8.21. The van der Waals surface area contributed by atoms with Crippen LogP contribution in [0.2, 0.25) is 0 Å². The Morgan fingerprint density at radius 2 is 1.93 bits per heavy atom. The third-order valence-electron chi connectivity index (χ3n) is 4.18. The van der Waals surface area contributed by atoms with Crippen molar-refractivity contribution in [2.75, 3.05) is 5.32 Å². The van der Waals surface area contributed by atoms with Crippen LogP contribution in [0, 0.1) is 11.3 Å². The zero-order valence-corrected chi connectivity index (χ0v) is 17.2. The number of aromatic hydroxyl groups is 1. The molecule has 0 unspecified atom stereocenters. The first-order valence-electron chi connectivity index (χ1n) is 8.96. The van der Waals surface area contributed by atoms with Crippen LogP contribution in [0.5, 0.6) is 5.75 Å². The lowest BCUT2D eigenvalue weighted by Crippen LogP contribution is -2.09. The van der Waals surface area contributed by atoms with E-state index in [0.29, 0.717) is 31.7 Å². The van der Waals surface area contributed by atoms with Gasteiger partial charge in [-0.3, -0.25) is 4.79 Å². The molecular weight excluding hydrogens is 414 g/mol. The van der Waals surface area contributed by atoms with Gasteiger partial charge in [-0.15, -0.1) is 11.3 Å². The standard InChI is InChI=1S/C23H15N3O2S2/c24-14-17(12-15-6-4-9-18(27)13-15)22-25-20(16-7-2-1-3-8-16)23(30-22)26-21(28)19-10-5-11-29-19/h1-13,27H,(H,26,28)/b17-12+. The molecule has 30 heavy (non-hydrogen) atoms. The van der Waals surface area contributed by atoms with Crippen LogP contribution < -0.4 is 5.32 Å². The van der Waals surface area contributed by atoms with E-state index in [1.807, 2.05) is 41.8 Å². The van der Waals surface area contributed by atoms with Crippen LogP contribution in [-0.4, -0.2) is 16.0 Å². The van der Waals surface area contributed by atoms with Crippen molar-refractivity contribution in [2.24, 2.45) is 0 Å². The van der Waals surface area contributed by atoms with Crippen molar-refractivity contribution < 1.29 is 9.90 Å². The van der Waals surface area contributed by atoms with Crippen LogP contribution in [0.25, 0.3) is 22.9 Å². The fourth-order valence-corrected chi connectivity index (χ4v) is 4.37. The number of benzene rings is 2. The molecular formula is C23H15N3O2S2. The second kappa shape index (κ2) is 8.74. The molecule has 0 aliphatic rings. The molecule has 0 radical (unpaired) electrons. The van der Waals surface area contributed by atoms with Gasteiger partial charge in [0.05, 0.1) is 10.5 Å². The maximum absolute atomic E-state index is 12.6. The predicted octanol–water partition coefficient (Wildman–Crippen LogP) is 5.89. The molecule has 0 aliphatic carbocycles. The number of nitrogens with one attached hydrogen (secondary N) is 1. The van der Waals surface area contributed by atoms with Crippen LogP contribution >= 0.6 is 22.7 Å². The summed E-state index contributed by atoms with van der Waals surface area (Å²) in [7, 11) is 0. The third-order valence-corrected chi connectivity index (χ3v) is 6.05. The first kappa shape index (κ1) is 19.6. The maximum atomic E-state index is 12.6. The Bertz CT molecular complexity index is 1250. The van der Waals surface area contributed by atoms with Crippen LogP contribution in [0.3, 0.4) is 0 Å². The van der Waals surface area contributed by atoms with Crippen LogP contribution in [0.1, 0.15) is 20.2 Å². The Morgan fingerprint density at radius 3 is 2.63 bits per heavy atom. The van der Waals surface area contributed by atoms with Crippen molar-refractivity contribution >= 4 is 45.2 Å². The molecule has 2 aromatic heterocycles. The third kappa shape index (κ3) is 4.30. The minimum absolute atomic E-state index is 0.119. The van der Waals surface area contributed by atoms with E-state index in [-0.39, 0.29) is 11.7 Å². The lowest BCUT2D eigenvalue weighted by molar-refractivity contribution is 0.103. The molecule has 0 saturated carbocycles. The van der Waals surface area contributed by atoms with E-state index in [1.54, 1.807) is 36.4 Å². The zero-order chi connectivity index (χ0) is 20.9. The lowest BCUT2D eigenvalue weighted by atomic mass is 10.1. The fourth-order valence-electron chi connectivity index (χ4n) is 2.81. The highest BCUT2D eigenvalue weighted by molar-refractivity contribution is 7.18. The summed E-state index contributed by atoms with van der Waals surface area (Å²) in [6.45, 7) is 0. The lowest BCUT2D eigenvalue weighted by Gasteiger charge is -2.03. The smallest absolute Gasteiger partial charge is 0.266 e. The number of phenolic OH excluding ortho intramolecular Hbond substituents is 1. The van der Waals surface area contributed by atoms with Crippen molar-refractivity contribution in [1.29, 1.82) is 5.26 Å². The summed E-state index contributed by atoms with van der Waals surface area (Å²) in [5.74, 6) is -0.0955. The Balaban J connectivity index is 1.76. The summed E-state index contributed by atoms with van der Waals surface area (Å²) in [5.41, 5.74) is 2.49. The molecule has 2 aromatic carbocycles. The molecule has 2 heterocycles. The highest BCUT2D eigenvalue weighted by atomic mass is 32.1. The minimum atomic E-state index is -0.215. The number of carbonyl (C=O) groups is 1. The summed E-state index contributed by atoms with van der Waals surface area (Å²) in [6.07, 6.45) is 1.66. The van der Waals surface area contributed by atoms with E-state index in [0.717, 1.165) is 5.56 Å². The minimum Gasteiger partial charge on any atom is -0.508 e. The number of rotatable bonds is 5. The largest absolute Gasteiger partial charge is 0.508 e. The molecule has 146 valence electrons. The number of hydrogen-bond donors (Lipinski definition) is 2. The number of allylic oxidation sites excluding steroid dienone is 1. The number of carbonyl (C=O) groups excluding carboxylic acids is 1. The molecule has 0 spiro atoms. The normalized spacial score (nSPS) is 11.1. The second-order valence-electron chi connectivity index (χ2n) is 6.26. The van der Waals surface area contributed by atoms with Gasteiger partial charge in [0.25, 0.3) is 5.91 Å². The predicted molar refractivity (Wildman–Crippen MR) is 121 cm³/mol. The zero-order valence-electron chi connectivity index (χ0n) is 15.6.